The van der Waals surface area contributed by atoms with E-state index in [4.69, 9.17) is 18.9 Å². The number of amides is 1. The van der Waals surface area contributed by atoms with Gasteiger partial charge in [0, 0.05) is 45.5 Å². The first kappa shape index (κ1) is 25.4. The average molecular weight is 439 g/mol. The molecule has 8 nitrogen and oxygen atoms in total. The third-order valence-electron chi connectivity index (χ3n) is 4.94. The molecule has 1 aliphatic heterocycles. The van der Waals surface area contributed by atoms with E-state index in [1.54, 1.807) is 0 Å². The van der Waals surface area contributed by atoms with Crippen molar-refractivity contribution in [3.05, 3.63) is 24.3 Å². The molecule has 1 amide bonds. The molecule has 0 bridgehead atoms. The molecule has 1 heterocycles. The normalized spacial score (nSPS) is 15.6. The summed E-state index contributed by atoms with van der Waals surface area (Å²) in [4.78, 5) is 13.1. The molecule has 1 aliphatic rings. The summed E-state index contributed by atoms with van der Waals surface area (Å²) in [5, 5.41) is 13.3. The molecule has 0 radical (unpaired) electrons. The first-order valence-electron chi connectivity index (χ1n) is 11.2. The highest BCUT2D eigenvalue weighted by molar-refractivity contribution is 5.47. The lowest BCUT2D eigenvalue weighted by Gasteiger charge is -2.31. The summed E-state index contributed by atoms with van der Waals surface area (Å²) < 4.78 is 22.1. The fraction of sp³-hybridized carbons (Fsp3) is 0.696. The highest BCUT2D eigenvalue weighted by Crippen LogP contribution is 2.17. The molecule has 0 spiro atoms. The van der Waals surface area contributed by atoms with Gasteiger partial charge in [-0.05, 0) is 43.0 Å². The molecule has 1 atom stereocenters. The number of aliphatic hydroxyl groups is 1. The molecular formula is C23H38N2O6. The third kappa shape index (κ3) is 10.8. The van der Waals surface area contributed by atoms with E-state index in [1.807, 2.05) is 29.2 Å². The van der Waals surface area contributed by atoms with Crippen molar-refractivity contribution in [2.24, 2.45) is 5.92 Å². The molecular weight excluding hydrogens is 400 g/mol. The third-order valence-corrected chi connectivity index (χ3v) is 4.94. The van der Waals surface area contributed by atoms with Crippen molar-refractivity contribution in [1.29, 1.82) is 0 Å². The van der Waals surface area contributed by atoms with E-state index in [2.05, 4.69) is 19.2 Å². The molecule has 8 heteroatoms. The molecule has 1 aromatic carbocycles. The van der Waals surface area contributed by atoms with E-state index in [9.17, 15) is 9.90 Å². The van der Waals surface area contributed by atoms with Gasteiger partial charge >= 0.3 is 0 Å². The Morgan fingerprint density at radius 3 is 2.45 bits per heavy atom. The zero-order valence-electron chi connectivity index (χ0n) is 18.8. The van der Waals surface area contributed by atoms with Crippen LogP contribution < -0.4 is 14.8 Å². The van der Waals surface area contributed by atoms with Crippen LogP contribution in [0, 0.1) is 5.92 Å². The van der Waals surface area contributed by atoms with E-state index < -0.39 is 6.10 Å². The Morgan fingerprint density at radius 1 is 1.13 bits per heavy atom. The number of nitrogens with zero attached hydrogens (tertiary/aromatic N) is 1. The minimum atomic E-state index is -0.637. The highest BCUT2D eigenvalue weighted by atomic mass is 16.5. The number of benzene rings is 1. The van der Waals surface area contributed by atoms with Gasteiger partial charge in [0.15, 0.2) is 0 Å². The Balaban J connectivity index is 1.55. The van der Waals surface area contributed by atoms with Crippen LogP contribution in [0.5, 0.6) is 11.5 Å². The van der Waals surface area contributed by atoms with E-state index in [-0.39, 0.29) is 12.6 Å². The zero-order valence-corrected chi connectivity index (χ0v) is 18.8. The molecule has 1 fully saturated rings. The lowest BCUT2D eigenvalue weighted by molar-refractivity contribution is -0.121. The average Bonchev–Trinajstić information content (AvgIpc) is 2.78. The summed E-state index contributed by atoms with van der Waals surface area (Å²) in [5.41, 5.74) is 0. The maximum absolute atomic E-state index is 11.3. The second kappa shape index (κ2) is 15.0. The van der Waals surface area contributed by atoms with Gasteiger partial charge in [-0.2, -0.15) is 0 Å². The number of carbonyl (C=O) groups excluding carboxylic acids is 1. The van der Waals surface area contributed by atoms with Crippen molar-refractivity contribution >= 4 is 6.41 Å². The Kier molecular flexibility index (Phi) is 12.3. The van der Waals surface area contributed by atoms with Gasteiger partial charge < -0.3 is 34.3 Å². The predicted molar refractivity (Wildman–Crippen MR) is 119 cm³/mol. The summed E-state index contributed by atoms with van der Waals surface area (Å²) >= 11 is 0. The number of carbonyl (C=O) groups is 1. The largest absolute Gasteiger partial charge is 0.491 e. The van der Waals surface area contributed by atoms with Crippen LogP contribution in [0.2, 0.25) is 0 Å². The molecule has 1 unspecified atom stereocenters. The highest BCUT2D eigenvalue weighted by Gasteiger charge is 2.19. The number of ether oxygens (including phenoxy) is 4. The van der Waals surface area contributed by atoms with Crippen LogP contribution in [-0.4, -0.2) is 87.8 Å². The molecule has 1 aromatic rings. The lowest BCUT2D eigenvalue weighted by atomic mass is 10.1. The van der Waals surface area contributed by atoms with Crippen molar-refractivity contribution in [3.63, 3.8) is 0 Å². The summed E-state index contributed by atoms with van der Waals surface area (Å²) in [6.45, 7) is 9.28. The summed E-state index contributed by atoms with van der Waals surface area (Å²) in [7, 11) is 0. The standard InChI is InChI=1S/C23H38N2O6/c1-19(2)16-29-13-14-30-22-3-5-23(6-4-22)31-17-21(27)15-24-9-10-25(18-26)20-7-11-28-12-8-20/h3-6,18-21,24,27H,7-17H2,1-2H3. The van der Waals surface area contributed by atoms with Crippen LogP contribution in [-0.2, 0) is 14.3 Å². The topological polar surface area (TPSA) is 89.5 Å². The van der Waals surface area contributed by atoms with E-state index in [0.29, 0.717) is 57.7 Å². The number of hydrogen-bond donors (Lipinski definition) is 2. The molecule has 31 heavy (non-hydrogen) atoms. The van der Waals surface area contributed by atoms with Crippen LogP contribution in [0.4, 0.5) is 0 Å². The molecule has 0 saturated carbocycles. The van der Waals surface area contributed by atoms with Crippen LogP contribution in [0.25, 0.3) is 0 Å². The Morgan fingerprint density at radius 2 is 1.81 bits per heavy atom. The van der Waals surface area contributed by atoms with Crippen LogP contribution in [0.1, 0.15) is 26.7 Å². The number of nitrogens with one attached hydrogen (secondary N) is 1. The number of aliphatic hydroxyl groups excluding tert-OH is 1. The van der Waals surface area contributed by atoms with Crippen LogP contribution in [0.3, 0.4) is 0 Å². The van der Waals surface area contributed by atoms with Crippen molar-refractivity contribution < 1.29 is 28.8 Å². The minimum Gasteiger partial charge on any atom is -0.491 e. The zero-order chi connectivity index (χ0) is 22.3. The molecule has 2 rings (SSSR count). The second-order valence-corrected chi connectivity index (χ2v) is 8.14. The summed E-state index contributed by atoms with van der Waals surface area (Å²) in [5.74, 6) is 1.95. The molecule has 176 valence electrons. The van der Waals surface area contributed by atoms with Gasteiger partial charge in [0.25, 0.3) is 0 Å². The maximum atomic E-state index is 11.3. The van der Waals surface area contributed by atoms with Crippen molar-refractivity contribution in [1.82, 2.24) is 10.2 Å². The minimum absolute atomic E-state index is 0.188. The summed E-state index contributed by atoms with van der Waals surface area (Å²) in [6.07, 6.45) is 2.03. The molecule has 0 aliphatic carbocycles. The van der Waals surface area contributed by atoms with Gasteiger partial charge in [-0.25, -0.2) is 0 Å². The summed E-state index contributed by atoms with van der Waals surface area (Å²) in [6, 6.07) is 7.57. The molecule has 0 aromatic heterocycles. The molecule has 1 saturated heterocycles. The monoisotopic (exact) mass is 438 g/mol. The fourth-order valence-corrected chi connectivity index (χ4v) is 3.24. The Hall–Kier alpha value is -1.87. The lowest BCUT2D eigenvalue weighted by Crippen LogP contribution is -2.43. The number of hydrogen-bond acceptors (Lipinski definition) is 7. The smallest absolute Gasteiger partial charge is 0.210 e. The quantitative estimate of drug-likeness (QED) is 0.300. The van der Waals surface area contributed by atoms with Gasteiger partial charge in [0.05, 0.1) is 6.61 Å². The van der Waals surface area contributed by atoms with Gasteiger partial charge in [0.2, 0.25) is 6.41 Å². The van der Waals surface area contributed by atoms with Crippen LogP contribution in [0.15, 0.2) is 24.3 Å². The van der Waals surface area contributed by atoms with Crippen molar-refractivity contribution in [3.8, 4) is 11.5 Å². The van der Waals surface area contributed by atoms with E-state index >= 15 is 0 Å². The fourth-order valence-electron chi connectivity index (χ4n) is 3.24. The van der Waals surface area contributed by atoms with E-state index in [1.165, 1.54) is 0 Å². The van der Waals surface area contributed by atoms with E-state index in [0.717, 1.165) is 31.6 Å². The maximum Gasteiger partial charge on any atom is 0.210 e. The van der Waals surface area contributed by atoms with Gasteiger partial charge in [-0.1, -0.05) is 13.8 Å². The van der Waals surface area contributed by atoms with Gasteiger partial charge in [0.1, 0.15) is 30.8 Å². The second-order valence-electron chi connectivity index (χ2n) is 8.14. The predicted octanol–water partition coefficient (Wildman–Crippen LogP) is 1.70. The SMILES string of the molecule is CC(C)COCCOc1ccc(OCC(O)CNCCN(C=O)C2CCOCC2)cc1. The van der Waals surface area contributed by atoms with Gasteiger partial charge in [-0.15, -0.1) is 0 Å². The van der Waals surface area contributed by atoms with Crippen LogP contribution >= 0.6 is 0 Å². The Bertz CT molecular complexity index is 592. The number of rotatable bonds is 16. The first-order valence-corrected chi connectivity index (χ1v) is 11.2. The van der Waals surface area contributed by atoms with Gasteiger partial charge in [-0.3, -0.25) is 4.79 Å². The first-order chi connectivity index (χ1) is 15.1. The molecule has 2 N–H and O–H groups in total. The van der Waals surface area contributed by atoms with Crippen molar-refractivity contribution in [2.75, 3.05) is 59.3 Å². The Labute approximate surface area is 185 Å². The van der Waals surface area contributed by atoms with Crippen molar-refractivity contribution in [2.45, 2.75) is 38.8 Å².